The molecule has 60 valence electrons. The highest BCUT2D eigenvalue weighted by Gasteiger charge is 1.91. The lowest BCUT2D eigenvalue weighted by Gasteiger charge is -1.78. The summed E-state index contributed by atoms with van der Waals surface area (Å²) in [4.78, 5) is 0. The van der Waals surface area contributed by atoms with E-state index >= 15 is 0 Å². The summed E-state index contributed by atoms with van der Waals surface area (Å²) >= 11 is 2.66. The lowest BCUT2D eigenvalue weighted by atomic mass is 10.4. The van der Waals surface area contributed by atoms with Gasteiger partial charge in [0.15, 0.2) is 0 Å². The second-order valence-corrected chi connectivity index (χ2v) is 3.21. The maximum atomic E-state index is 3.85. The van der Waals surface area contributed by atoms with Crippen LogP contribution in [0.1, 0.15) is 11.4 Å². The lowest BCUT2D eigenvalue weighted by Crippen LogP contribution is -1.72. The molecule has 0 aliphatic carbocycles. The van der Waals surface area contributed by atoms with E-state index in [0.29, 0.717) is 0 Å². The molecule has 0 radical (unpaired) electrons. The van der Waals surface area contributed by atoms with E-state index in [9.17, 15) is 0 Å². The summed E-state index contributed by atoms with van der Waals surface area (Å²) < 4.78 is 7.46. The van der Waals surface area contributed by atoms with Crippen LogP contribution < -0.4 is 0 Å². The molecule has 0 fully saturated rings. The molecule has 6 heteroatoms. The molecule has 2 heterocycles. The zero-order valence-corrected chi connectivity index (χ0v) is 7.55. The predicted molar refractivity (Wildman–Crippen MR) is 48.7 cm³/mol. The van der Waals surface area contributed by atoms with Gasteiger partial charge in [-0.2, -0.15) is 0 Å². The van der Waals surface area contributed by atoms with Crippen LogP contribution in [-0.4, -0.2) is 19.2 Å². The van der Waals surface area contributed by atoms with Crippen LogP contribution in [0, 0.1) is 0 Å². The summed E-state index contributed by atoms with van der Waals surface area (Å²) in [6, 6.07) is 0. The Morgan fingerprint density at radius 1 is 0.917 bits per heavy atom. The molecule has 2 aromatic heterocycles. The van der Waals surface area contributed by atoms with E-state index in [2.05, 4.69) is 19.2 Å². The molecule has 4 nitrogen and oxygen atoms in total. The van der Waals surface area contributed by atoms with Crippen LogP contribution in [0.5, 0.6) is 0 Å². The van der Waals surface area contributed by atoms with Crippen LogP contribution in [0.3, 0.4) is 0 Å². The maximum absolute atomic E-state index is 3.85. The first-order valence-electron chi connectivity index (χ1n) is 3.17. The Labute approximate surface area is 76.9 Å². The average Bonchev–Trinajstić information content (AvgIpc) is 2.74. The topological polar surface area (TPSA) is 51.6 Å². The van der Waals surface area contributed by atoms with Crippen LogP contribution in [-0.2, 0) is 0 Å². The van der Waals surface area contributed by atoms with Gasteiger partial charge in [-0.15, -0.1) is 10.2 Å². The molecule has 0 bridgehead atoms. The van der Waals surface area contributed by atoms with Crippen molar-refractivity contribution in [2.24, 2.45) is 0 Å². The highest BCUT2D eigenvalue weighted by Crippen LogP contribution is 2.05. The molecule has 0 unspecified atom stereocenters. The molecule has 0 aromatic carbocycles. The second kappa shape index (κ2) is 3.51. The molecule has 0 spiro atoms. The SMILES string of the molecule is C(=C/c1csnn1)/c1csnn1. The summed E-state index contributed by atoms with van der Waals surface area (Å²) in [6.07, 6.45) is 3.72. The number of aromatic nitrogens is 4. The van der Waals surface area contributed by atoms with Crippen molar-refractivity contribution in [2.45, 2.75) is 0 Å². The van der Waals surface area contributed by atoms with Gasteiger partial charge in [0.25, 0.3) is 0 Å². The average molecular weight is 196 g/mol. The van der Waals surface area contributed by atoms with Crippen molar-refractivity contribution in [2.75, 3.05) is 0 Å². The first-order valence-corrected chi connectivity index (χ1v) is 4.84. The molecule has 2 rings (SSSR count). The number of rotatable bonds is 2. The van der Waals surface area contributed by atoms with E-state index in [0.717, 1.165) is 11.4 Å². The smallest absolute Gasteiger partial charge is 0.0982 e. The van der Waals surface area contributed by atoms with Crippen LogP contribution in [0.4, 0.5) is 0 Å². The summed E-state index contributed by atoms with van der Waals surface area (Å²) in [6.45, 7) is 0. The minimum absolute atomic E-state index is 0.855. The van der Waals surface area contributed by atoms with Gasteiger partial charge in [-0.3, -0.25) is 0 Å². The van der Waals surface area contributed by atoms with E-state index in [1.807, 2.05) is 22.9 Å². The first-order chi connectivity index (χ1) is 5.95. The first kappa shape index (κ1) is 7.51. The van der Waals surface area contributed by atoms with Crippen molar-refractivity contribution in [3.63, 3.8) is 0 Å². The molecule has 12 heavy (non-hydrogen) atoms. The monoisotopic (exact) mass is 196 g/mol. The summed E-state index contributed by atoms with van der Waals surface area (Å²) in [5, 5.41) is 11.4. The van der Waals surface area contributed by atoms with Crippen molar-refractivity contribution >= 4 is 35.2 Å². The minimum Gasteiger partial charge on any atom is -0.139 e. The molecule has 0 aliphatic rings. The van der Waals surface area contributed by atoms with Gasteiger partial charge in [-0.1, -0.05) is 8.98 Å². The summed E-state index contributed by atoms with van der Waals surface area (Å²) in [7, 11) is 0. The lowest BCUT2D eigenvalue weighted by molar-refractivity contribution is 1.13. The zero-order chi connectivity index (χ0) is 8.23. The van der Waals surface area contributed by atoms with Crippen LogP contribution in [0.15, 0.2) is 10.8 Å². The third kappa shape index (κ3) is 1.72. The van der Waals surface area contributed by atoms with E-state index < -0.39 is 0 Å². The maximum Gasteiger partial charge on any atom is 0.0982 e. The zero-order valence-electron chi connectivity index (χ0n) is 5.91. The molecule has 0 saturated carbocycles. The van der Waals surface area contributed by atoms with E-state index in [1.54, 1.807) is 0 Å². The molecule has 0 amide bonds. The van der Waals surface area contributed by atoms with Crippen LogP contribution in [0.2, 0.25) is 0 Å². The Bertz CT molecular complexity index is 315. The van der Waals surface area contributed by atoms with Crippen LogP contribution in [0.25, 0.3) is 12.2 Å². The fourth-order valence-electron chi connectivity index (χ4n) is 0.660. The number of hydrogen-bond acceptors (Lipinski definition) is 6. The number of nitrogens with zero attached hydrogens (tertiary/aromatic N) is 4. The van der Waals surface area contributed by atoms with Crippen molar-refractivity contribution < 1.29 is 0 Å². The highest BCUT2D eigenvalue weighted by molar-refractivity contribution is 7.03. The Morgan fingerprint density at radius 2 is 1.42 bits per heavy atom. The van der Waals surface area contributed by atoms with Crippen molar-refractivity contribution in [1.29, 1.82) is 0 Å². The third-order valence-corrected chi connectivity index (χ3v) is 2.22. The third-order valence-electron chi connectivity index (χ3n) is 1.18. The largest absolute Gasteiger partial charge is 0.139 e. The van der Waals surface area contributed by atoms with Gasteiger partial charge in [0, 0.05) is 10.8 Å². The van der Waals surface area contributed by atoms with Crippen molar-refractivity contribution in [1.82, 2.24) is 19.2 Å². The molecule has 0 N–H and O–H groups in total. The van der Waals surface area contributed by atoms with Gasteiger partial charge >= 0.3 is 0 Å². The van der Waals surface area contributed by atoms with Gasteiger partial charge < -0.3 is 0 Å². The van der Waals surface area contributed by atoms with E-state index in [1.165, 1.54) is 23.1 Å². The fraction of sp³-hybridized carbons (Fsp3) is 0. The van der Waals surface area contributed by atoms with Crippen molar-refractivity contribution in [3.8, 4) is 0 Å². The molecule has 0 saturated heterocycles. The van der Waals surface area contributed by atoms with Gasteiger partial charge in [0.1, 0.15) is 0 Å². The summed E-state index contributed by atoms with van der Waals surface area (Å²) in [5.41, 5.74) is 1.71. The Morgan fingerprint density at radius 3 is 1.75 bits per heavy atom. The van der Waals surface area contributed by atoms with E-state index in [4.69, 9.17) is 0 Å². The standard InChI is InChI=1S/C6H4N4S2/c1(5-3-11-9-7-5)2-6-4-12-10-8-6/h1-4H/b2-1-. The van der Waals surface area contributed by atoms with Gasteiger partial charge in [-0.05, 0) is 35.2 Å². The fourth-order valence-corrected chi connectivity index (χ4v) is 1.50. The summed E-state index contributed by atoms with van der Waals surface area (Å²) in [5.74, 6) is 0. The quantitative estimate of drug-likeness (QED) is 0.731. The van der Waals surface area contributed by atoms with Crippen LogP contribution >= 0.6 is 23.1 Å². The Balaban J connectivity index is 2.14. The molecule has 0 atom stereocenters. The Kier molecular flexibility index (Phi) is 2.19. The van der Waals surface area contributed by atoms with Crippen molar-refractivity contribution in [3.05, 3.63) is 22.1 Å². The Hall–Kier alpha value is -1.14. The normalized spacial score (nSPS) is 11.0. The van der Waals surface area contributed by atoms with Gasteiger partial charge in [0.05, 0.1) is 11.4 Å². The molecule has 2 aromatic rings. The molecular weight excluding hydrogens is 192 g/mol. The predicted octanol–water partition coefficient (Wildman–Crippen LogP) is 1.56. The second-order valence-electron chi connectivity index (χ2n) is 1.99. The van der Waals surface area contributed by atoms with Gasteiger partial charge in [0.2, 0.25) is 0 Å². The highest BCUT2D eigenvalue weighted by atomic mass is 32.1. The number of hydrogen-bond donors (Lipinski definition) is 0. The molecular formula is C6H4N4S2. The van der Waals surface area contributed by atoms with E-state index in [-0.39, 0.29) is 0 Å². The molecule has 0 aliphatic heterocycles. The minimum atomic E-state index is 0.855. The van der Waals surface area contributed by atoms with Gasteiger partial charge in [-0.25, -0.2) is 0 Å².